The molecule has 1 aromatic rings. The van der Waals surface area contributed by atoms with Gasteiger partial charge in [0, 0.05) is 23.4 Å². The van der Waals surface area contributed by atoms with Crippen LogP contribution in [0, 0.1) is 5.92 Å². The van der Waals surface area contributed by atoms with Crippen LogP contribution in [0.5, 0.6) is 0 Å². The minimum Gasteiger partial charge on any atom is -0.379 e. The lowest BCUT2D eigenvalue weighted by Crippen LogP contribution is -2.62. The molecule has 16 heavy (non-hydrogen) atoms. The van der Waals surface area contributed by atoms with E-state index in [9.17, 15) is 0 Å². The molecule has 0 unspecified atom stereocenters. The van der Waals surface area contributed by atoms with E-state index in [1.54, 1.807) is 11.8 Å². The molecule has 0 bridgehead atoms. The Bertz CT molecular complexity index is 368. The van der Waals surface area contributed by atoms with E-state index in [0.29, 0.717) is 5.41 Å². The quantitative estimate of drug-likeness (QED) is 0.809. The van der Waals surface area contributed by atoms with Crippen LogP contribution in [-0.4, -0.2) is 32.6 Å². The standard InChI is InChI=1S/C13H17NOS/c1-16-12-4-2-10(3-5-12)13(8-15-9-13)11-6-14-7-11/h2-5,11,14H,6-9H2,1H3. The van der Waals surface area contributed by atoms with Gasteiger partial charge in [-0.3, -0.25) is 0 Å². The highest BCUT2D eigenvalue weighted by atomic mass is 32.2. The van der Waals surface area contributed by atoms with Crippen LogP contribution in [0.1, 0.15) is 5.56 Å². The number of rotatable bonds is 3. The van der Waals surface area contributed by atoms with Gasteiger partial charge in [0.25, 0.3) is 0 Å². The van der Waals surface area contributed by atoms with Gasteiger partial charge in [-0.05, 0) is 29.9 Å². The van der Waals surface area contributed by atoms with Gasteiger partial charge < -0.3 is 10.1 Å². The van der Waals surface area contributed by atoms with E-state index < -0.39 is 0 Å². The molecule has 0 aromatic heterocycles. The molecule has 1 aromatic carbocycles. The predicted octanol–water partition coefficient (Wildman–Crippen LogP) is 1.90. The Morgan fingerprint density at radius 2 is 1.94 bits per heavy atom. The van der Waals surface area contributed by atoms with Gasteiger partial charge in [0.15, 0.2) is 0 Å². The van der Waals surface area contributed by atoms with Gasteiger partial charge >= 0.3 is 0 Å². The van der Waals surface area contributed by atoms with Crippen LogP contribution in [0.25, 0.3) is 0 Å². The SMILES string of the molecule is CSc1ccc(C2(C3CNC3)COC2)cc1. The van der Waals surface area contributed by atoms with Crippen LogP contribution in [0.15, 0.2) is 29.2 Å². The lowest BCUT2D eigenvalue weighted by molar-refractivity contribution is -0.101. The summed E-state index contributed by atoms with van der Waals surface area (Å²) in [6.07, 6.45) is 2.12. The summed E-state index contributed by atoms with van der Waals surface area (Å²) in [5.74, 6) is 0.765. The molecular weight excluding hydrogens is 218 g/mol. The van der Waals surface area contributed by atoms with Gasteiger partial charge in [-0.25, -0.2) is 0 Å². The summed E-state index contributed by atoms with van der Waals surface area (Å²) < 4.78 is 5.47. The van der Waals surface area contributed by atoms with Crippen molar-refractivity contribution in [3.05, 3.63) is 29.8 Å². The first-order valence-corrected chi connectivity index (χ1v) is 7.01. The fraction of sp³-hybridized carbons (Fsp3) is 0.538. The number of thioether (sulfide) groups is 1. The molecule has 0 spiro atoms. The molecule has 0 aliphatic carbocycles. The van der Waals surface area contributed by atoms with Gasteiger partial charge in [-0.1, -0.05) is 12.1 Å². The van der Waals surface area contributed by atoms with Crippen molar-refractivity contribution in [1.82, 2.24) is 5.32 Å². The summed E-state index contributed by atoms with van der Waals surface area (Å²) in [5.41, 5.74) is 1.77. The van der Waals surface area contributed by atoms with Crippen molar-refractivity contribution in [3.8, 4) is 0 Å². The van der Waals surface area contributed by atoms with Gasteiger partial charge in [-0.15, -0.1) is 11.8 Å². The van der Waals surface area contributed by atoms with E-state index in [0.717, 1.165) is 32.2 Å². The number of nitrogens with one attached hydrogen (secondary N) is 1. The molecule has 1 N–H and O–H groups in total. The molecular formula is C13H17NOS. The Hall–Kier alpha value is -0.510. The Balaban J connectivity index is 1.87. The third-order valence-corrected chi connectivity index (χ3v) is 4.69. The maximum atomic E-state index is 5.47. The molecule has 2 fully saturated rings. The first-order valence-electron chi connectivity index (χ1n) is 5.78. The molecule has 2 saturated heterocycles. The molecule has 2 nitrogen and oxygen atoms in total. The smallest absolute Gasteiger partial charge is 0.0589 e. The molecule has 86 valence electrons. The lowest BCUT2D eigenvalue weighted by Gasteiger charge is -2.51. The summed E-state index contributed by atoms with van der Waals surface area (Å²) in [5, 5.41) is 3.37. The topological polar surface area (TPSA) is 21.3 Å². The first-order chi connectivity index (χ1) is 7.85. The Morgan fingerprint density at radius 1 is 1.25 bits per heavy atom. The van der Waals surface area contributed by atoms with E-state index in [1.807, 2.05) is 0 Å². The Labute approximate surface area is 101 Å². The normalized spacial score (nSPS) is 23.6. The van der Waals surface area contributed by atoms with Crippen molar-refractivity contribution < 1.29 is 4.74 Å². The first kappa shape index (κ1) is 10.6. The minimum absolute atomic E-state index is 0.308. The Kier molecular flexibility index (Phi) is 2.70. The largest absolute Gasteiger partial charge is 0.379 e. The van der Waals surface area contributed by atoms with E-state index in [4.69, 9.17) is 4.74 Å². The fourth-order valence-corrected chi connectivity index (χ4v) is 2.97. The average Bonchev–Trinajstić information content (AvgIpc) is 2.21. The van der Waals surface area contributed by atoms with Crippen LogP contribution in [0.4, 0.5) is 0 Å². The van der Waals surface area contributed by atoms with Gasteiger partial charge in [0.05, 0.1) is 13.2 Å². The highest BCUT2D eigenvalue weighted by Crippen LogP contribution is 2.41. The van der Waals surface area contributed by atoms with E-state index >= 15 is 0 Å². The summed E-state index contributed by atoms with van der Waals surface area (Å²) >= 11 is 1.80. The second kappa shape index (κ2) is 4.06. The molecule has 0 atom stereocenters. The molecule has 0 saturated carbocycles. The summed E-state index contributed by atoms with van der Waals surface area (Å²) in [7, 11) is 0. The van der Waals surface area contributed by atoms with Crippen molar-refractivity contribution in [2.24, 2.45) is 5.92 Å². The average molecular weight is 235 g/mol. The minimum atomic E-state index is 0.308. The summed E-state index contributed by atoms with van der Waals surface area (Å²) in [6.45, 7) is 4.09. The van der Waals surface area contributed by atoms with E-state index in [2.05, 4.69) is 35.8 Å². The number of hydrogen-bond donors (Lipinski definition) is 1. The monoisotopic (exact) mass is 235 g/mol. The van der Waals surface area contributed by atoms with Crippen LogP contribution >= 0.6 is 11.8 Å². The van der Waals surface area contributed by atoms with E-state index in [1.165, 1.54) is 10.5 Å². The number of ether oxygens (including phenoxy) is 1. The van der Waals surface area contributed by atoms with Crippen molar-refractivity contribution in [2.45, 2.75) is 10.3 Å². The Morgan fingerprint density at radius 3 is 2.31 bits per heavy atom. The maximum Gasteiger partial charge on any atom is 0.0589 e. The molecule has 0 radical (unpaired) electrons. The highest BCUT2D eigenvalue weighted by molar-refractivity contribution is 7.98. The third-order valence-electron chi connectivity index (χ3n) is 3.95. The zero-order valence-electron chi connectivity index (χ0n) is 9.53. The number of benzene rings is 1. The summed E-state index contributed by atoms with van der Waals surface area (Å²) in [6, 6.07) is 9.03. The van der Waals surface area contributed by atoms with Gasteiger partial charge in [-0.2, -0.15) is 0 Å². The zero-order valence-corrected chi connectivity index (χ0v) is 10.3. The van der Waals surface area contributed by atoms with Gasteiger partial charge in [0.1, 0.15) is 0 Å². The second-order valence-electron chi connectivity index (χ2n) is 4.73. The summed E-state index contributed by atoms with van der Waals surface area (Å²) in [4.78, 5) is 1.34. The van der Waals surface area contributed by atoms with Crippen molar-refractivity contribution in [1.29, 1.82) is 0 Å². The van der Waals surface area contributed by atoms with Crippen molar-refractivity contribution in [3.63, 3.8) is 0 Å². The molecule has 2 aliphatic heterocycles. The molecule has 3 rings (SSSR count). The van der Waals surface area contributed by atoms with Crippen LogP contribution in [0.3, 0.4) is 0 Å². The van der Waals surface area contributed by atoms with Crippen molar-refractivity contribution >= 4 is 11.8 Å². The fourth-order valence-electron chi connectivity index (χ4n) is 2.56. The third kappa shape index (κ3) is 1.50. The predicted molar refractivity (Wildman–Crippen MR) is 67.1 cm³/mol. The van der Waals surface area contributed by atoms with Crippen molar-refractivity contribution in [2.75, 3.05) is 32.6 Å². The zero-order chi connectivity index (χ0) is 11.0. The molecule has 3 heteroatoms. The van der Waals surface area contributed by atoms with Gasteiger partial charge in [0.2, 0.25) is 0 Å². The van der Waals surface area contributed by atoms with Crippen LogP contribution < -0.4 is 5.32 Å². The van der Waals surface area contributed by atoms with Crippen LogP contribution in [0.2, 0.25) is 0 Å². The second-order valence-corrected chi connectivity index (χ2v) is 5.61. The lowest BCUT2D eigenvalue weighted by atomic mass is 9.66. The van der Waals surface area contributed by atoms with E-state index in [-0.39, 0.29) is 0 Å². The molecule has 2 heterocycles. The maximum absolute atomic E-state index is 5.47. The molecule has 2 aliphatic rings. The highest BCUT2D eigenvalue weighted by Gasteiger charge is 2.49. The molecule has 0 amide bonds. The van der Waals surface area contributed by atoms with Crippen LogP contribution in [-0.2, 0) is 10.2 Å². The number of hydrogen-bond acceptors (Lipinski definition) is 3.